The van der Waals surface area contributed by atoms with Gasteiger partial charge in [-0.2, -0.15) is 5.10 Å². The maximum absolute atomic E-state index is 12.6. The molecule has 8 heteroatoms. The Labute approximate surface area is 200 Å². The lowest BCUT2D eigenvalue weighted by atomic mass is 10.1. The number of hydrazone groups is 1. The summed E-state index contributed by atoms with van der Waals surface area (Å²) in [6.45, 7) is 3.47. The number of ether oxygens (including phenoxy) is 1. The van der Waals surface area contributed by atoms with E-state index < -0.39 is 11.9 Å². The normalized spacial score (nSPS) is 10.6. The van der Waals surface area contributed by atoms with Crippen LogP contribution in [0.5, 0.6) is 5.75 Å². The fourth-order valence-corrected chi connectivity index (χ4v) is 3.31. The predicted molar refractivity (Wildman–Crippen MR) is 130 cm³/mol. The first-order valence-electron chi connectivity index (χ1n) is 10.1. The summed E-state index contributed by atoms with van der Waals surface area (Å²) >= 11 is 3.37. The van der Waals surface area contributed by atoms with Gasteiger partial charge in [0.2, 0.25) is 0 Å². The van der Waals surface area contributed by atoms with E-state index in [2.05, 4.69) is 31.8 Å². The van der Waals surface area contributed by atoms with Gasteiger partial charge in [0, 0.05) is 15.6 Å². The average molecular weight is 508 g/mol. The van der Waals surface area contributed by atoms with Crippen LogP contribution in [0.15, 0.2) is 76.3 Å². The molecule has 0 aliphatic rings. The molecule has 0 aliphatic heterocycles. The molecule has 2 amide bonds. The number of carbonyl (C=O) groups is 3. The minimum absolute atomic E-state index is 0.238. The number of benzene rings is 3. The second kappa shape index (κ2) is 11.2. The van der Waals surface area contributed by atoms with Gasteiger partial charge < -0.3 is 10.1 Å². The SMILES string of the molecule is Cc1cccc(C(=O)NCC(=O)NN=Cc2cc(Br)ccc2OC(=O)c2ccccc2C)c1. The summed E-state index contributed by atoms with van der Waals surface area (Å²) in [4.78, 5) is 36.7. The number of nitrogens with zero attached hydrogens (tertiary/aromatic N) is 1. The van der Waals surface area contributed by atoms with E-state index in [1.165, 1.54) is 6.21 Å². The summed E-state index contributed by atoms with van der Waals surface area (Å²) in [5.41, 5.74) is 5.51. The Kier molecular flexibility index (Phi) is 8.10. The summed E-state index contributed by atoms with van der Waals surface area (Å²) in [6, 6.07) is 19.3. The number of aryl methyl sites for hydroxylation is 2. The fraction of sp³-hybridized carbons (Fsp3) is 0.120. The van der Waals surface area contributed by atoms with Crippen LogP contribution in [0.4, 0.5) is 0 Å². The number of rotatable bonds is 7. The second-order valence-corrected chi connectivity index (χ2v) is 8.15. The van der Waals surface area contributed by atoms with Gasteiger partial charge in [-0.15, -0.1) is 0 Å². The van der Waals surface area contributed by atoms with Crippen molar-refractivity contribution in [3.05, 3.63) is 99.0 Å². The molecule has 168 valence electrons. The van der Waals surface area contributed by atoms with Crippen LogP contribution in [0.2, 0.25) is 0 Å². The highest BCUT2D eigenvalue weighted by Gasteiger charge is 2.13. The van der Waals surface area contributed by atoms with Crippen LogP contribution < -0.4 is 15.5 Å². The molecule has 0 heterocycles. The molecule has 0 atom stereocenters. The Morgan fingerprint density at radius 3 is 2.55 bits per heavy atom. The Morgan fingerprint density at radius 2 is 1.79 bits per heavy atom. The molecule has 3 rings (SSSR count). The lowest BCUT2D eigenvalue weighted by Gasteiger charge is -2.09. The quantitative estimate of drug-likeness (QED) is 0.217. The molecular weight excluding hydrogens is 486 g/mol. The fourth-order valence-electron chi connectivity index (χ4n) is 2.93. The van der Waals surface area contributed by atoms with Crippen molar-refractivity contribution in [2.45, 2.75) is 13.8 Å². The third kappa shape index (κ3) is 6.85. The monoisotopic (exact) mass is 507 g/mol. The number of nitrogens with one attached hydrogen (secondary N) is 2. The van der Waals surface area contributed by atoms with Crippen molar-refractivity contribution in [3.8, 4) is 5.75 Å². The van der Waals surface area contributed by atoms with E-state index in [0.29, 0.717) is 16.7 Å². The maximum atomic E-state index is 12.6. The zero-order valence-corrected chi connectivity index (χ0v) is 19.7. The van der Waals surface area contributed by atoms with Crippen molar-refractivity contribution < 1.29 is 19.1 Å². The minimum atomic E-state index is -0.499. The number of hydrogen-bond acceptors (Lipinski definition) is 5. The van der Waals surface area contributed by atoms with E-state index in [1.807, 2.05) is 32.0 Å². The van der Waals surface area contributed by atoms with Crippen molar-refractivity contribution in [3.63, 3.8) is 0 Å². The van der Waals surface area contributed by atoms with Crippen LogP contribution in [-0.4, -0.2) is 30.5 Å². The Balaban J connectivity index is 1.60. The van der Waals surface area contributed by atoms with E-state index in [0.717, 1.165) is 15.6 Å². The van der Waals surface area contributed by atoms with Crippen LogP contribution in [0.25, 0.3) is 0 Å². The lowest BCUT2D eigenvalue weighted by molar-refractivity contribution is -0.120. The molecule has 0 unspecified atom stereocenters. The van der Waals surface area contributed by atoms with Crippen molar-refractivity contribution in [1.82, 2.24) is 10.7 Å². The zero-order valence-electron chi connectivity index (χ0n) is 18.1. The smallest absolute Gasteiger partial charge is 0.343 e. The van der Waals surface area contributed by atoms with Gasteiger partial charge in [-0.3, -0.25) is 9.59 Å². The number of carbonyl (C=O) groups excluding carboxylic acids is 3. The van der Waals surface area contributed by atoms with Gasteiger partial charge in [0.25, 0.3) is 11.8 Å². The molecule has 2 N–H and O–H groups in total. The Morgan fingerprint density at radius 1 is 1.00 bits per heavy atom. The molecule has 7 nitrogen and oxygen atoms in total. The maximum Gasteiger partial charge on any atom is 0.343 e. The van der Waals surface area contributed by atoms with E-state index in [1.54, 1.807) is 48.5 Å². The first kappa shape index (κ1) is 23.9. The van der Waals surface area contributed by atoms with E-state index >= 15 is 0 Å². The van der Waals surface area contributed by atoms with Crippen molar-refractivity contribution in [2.75, 3.05) is 6.54 Å². The molecule has 3 aromatic carbocycles. The summed E-state index contributed by atoms with van der Waals surface area (Å²) in [5.74, 6) is -1.05. The zero-order chi connectivity index (χ0) is 23.8. The molecule has 33 heavy (non-hydrogen) atoms. The number of halogens is 1. The van der Waals surface area contributed by atoms with Crippen LogP contribution >= 0.6 is 15.9 Å². The molecule has 0 aromatic heterocycles. The largest absolute Gasteiger partial charge is 0.422 e. The molecule has 0 fully saturated rings. The number of amides is 2. The van der Waals surface area contributed by atoms with E-state index in [4.69, 9.17) is 4.74 Å². The predicted octanol–water partition coefficient (Wildman–Crippen LogP) is 4.17. The molecule has 0 bridgehead atoms. The molecule has 0 saturated carbocycles. The van der Waals surface area contributed by atoms with Crippen molar-refractivity contribution >= 4 is 39.9 Å². The minimum Gasteiger partial charge on any atom is -0.422 e. The topological polar surface area (TPSA) is 96.9 Å². The lowest BCUT2D eigenvalue weighted by Crippen LogP contribution is -2.34. The van der Waals surface area contributed by atoms with Crippen LogP contribution in [-0.2, 0) is 4.79 Å². The highest BCUT2D eigenvalue weighted by Crippen LogP contribution is 2.23. The third-order valence-corrected chi connectivity index (χ3v) is 5.12. The van der Waals surface area contributed by atoms with Crippen molar-refractivity contribution in [1.29, 1.82) is 0 Å². The highest BCUT2D eigenvalue weighted by molar-refractivity contribution is 9.10. The van der Waals surface area contributed by atoms with Gasteiger partial charge in [-0.1, -0.05) is 51.8 Å². The Bertz CT molecular complexity index is 1220. The molecule has 0 spiro atoms. The Hall–Kier alpha value is -3.78. The second-order valence-electron chi connectivity index (χ2n) is 7.23. The molecule has 0 radical (unpaired) electrons. The van der Waals surface area contributed by atoms with E-state index in [-0.39, 0.29) is 18.2 Å². The molecular formula is C25H22BrN3O4. The first-order valence-corrected chi connectivity index (χ1v) is 10.9. The number of hydrogen-bond donors (Lipinski definition) is 2. The molecule has 0 aliphatic carbocycles. The van der Waals surface area contributed by atoms with Gasteiger partial charge in [0.1, 0.15) is 5.75 Å². The molecule has 3 aromatic rings. The summed E-state index contributed by atoms with van der Waals surface area (Å²) < 4.78 is 6.29. The van der Waals surface area contributed by atoms with Crippen LogP contribution in [0.3, 0.4) is 0 Å². The number of esters is 1. The van der Waals surface area contributed by atoms with E-state index in [9.17, 15) is 14.4 Å². The van der Waals surface area contributed by atoms with Gasteiger partial charge in [0.15, 0.2) is 0 Å². The van der Waals surface area contributed by atoms with Gasteiger partial charge in [-0.05, 0) is 55.8 Å². The van der Waals surface area contributed by atoms with Gasteiger partial charge >= 0.3 is 5.97 Å². The van der Waals surface area contributed by atoms with Crippen LogP contribution in [0, 0.1) is 13.8 Å². The van der Waals surface area contributed by atoms with Gasteiger partial charge in [-0.25, -0.2) is 10.2 Å². The van der Waals surface area contributed by atoms with Crippen LogP contribution in [0.1, 0.15) is 37.4 Å². The highest BCUT2D eigenvalue weighted by atomic mass is 79.9. The molecule has 0 saturated heterocycles. The summed E-state index contributed by atoms with van der Waals surface area (Å²) in [6.07, 6.45) is 1.37. The first-order chi connectivity index (χ1) is 15.8. The standard InChI is InChI=1S/C25H22BrN3O4/c1-16-6-5-8-18(12-16)24(31)27-15-23(30)29-28-14-19-13-20(26)10-11-22(19)33-25(32)21-9-4-3-7-17(21)2/h3-14H,15H2,1-2H3,(H,27,31)(H,29,30). The summed E-state index contributed by atoms with van der Waals surface area (Å²) in [7, 11) is 0. The van der Waals surface area contributed by atoms with Gasteiger partial charge in [0.05, 0.1) is 18.3 Å². The summed E-state index contributed by atoms with van der Waals surface area (Å²) in [5, 5.41) is 6.46. The average Bonchev–Trinajstić information content (AvgIpc) is 2.79. The van der Waals surface area contributed by atoms with Crippen molar-refractivity contribution in [2.24, 2.45) is 5.10 Å². The third-order valence-electron chi connectivity index (χ3n) is 4.62.